The van der Waals surface area contributed by atoms with Gasteiger partial charge < -0.3 is 5.32 Å². The highest BCUT2D eigenvalue weighted by molar-refractivity contribution is 6.22. The number of aryl methyl sites for hydroxylation is 1. The number of nitrogens with zero attached hydrogens (tertiary/aromatic N) is 2. The van der Waals surface area contributed by atoms with E-state index < -0.39 is 29.2 Å². The predicted octanol–water partition coefficient (Wildman–Crippen LogP) is 2.14. The molecule has 3 amide bonds. The van der Waals surface area contributed by atoms with E-state index in [1.54, 1.807) is 19.1 Å². The van der Waals surface area contributed by atoms with E-state index in [1.807, 2.05) is 0 Å². The normalized spacial score (nSPS) is 12.9. The van der Waals surface area contributed by atoms with Gasteiger partial charge in [-0.1, -0.05) is 18.2 Å². The standard InChI is InChI=1S/C17H13N3O5/c1-10-6-7-11(20(24)25)8-14(10)18-15(21)9-19-16(22)12-4-2-3-5-13(12)17(19)23/h2-8H,9H2,1H3,(H,18,21). The van der Waals surface area contributed by atoms with E-state index in [-0.39, 0.29) is 22.5 Å². The van der Waals surface area contributed by atoms with E-state index in [9.17, 15) is 24.5 Å². The first-order valence-electron chi connectivity index (χ1n) is 7.38. The lowest BCUT2D eigenvalue weighted by Gasteiger charge is -2.14. The van der Waals surface area contributed by atoms with E-state index in [2.05, 4.69) is 5.32 Å². The Morgan fingerprint density at radius 3 is 2.28 bits per heavy atom. The number of amides is 3. The molecule has 2 aromatic carbocycles. The third kappa shape index (κ3) is 2.97. The van der Waals surface area contributed by atoms with Crippen molar-refractivity contribution >= 4 is 29.1 Å². The van der Waals surface area contributed by atoms with E-state index >= 15 is 0 Å². The molecule has 1 aliphatic heterocycles. The minimum absolute atomic E-state index is 0.165. The van der Waals surface area contributed by atoms with E-state index in [0.717, 1.165) is 4.90 Å². The van der Waals surface area contributed by atoms with Gasteiger partial charge in [0.15, 0.2) is 0 Å². The minimum Gasteiger partial charge on any atom is -0.324 e. The number of hydrogen-bond acceptors (Lipinski definition) is 5. The Balaban J connectivity index is 1.76. The Hall–Kier alpha value is -3.55. The maximum absolute atomic E-state index is 12.2. The molecule has 126 valence electrons. The van der Waals surface area contributed by atoms with Gasteiger partial charge in [-0.3, -0.25) is 29.4 Å². The van der Waals surface area contributed by atoms with Gasteiger partial charge in [-0.15, -0.1) is 0 Å². The van der Waals surface area contributed by atoms with Gasteiger partial charge in [0.05, 0.1) is 21.7 Å². The first kappa shape index (κ1) is 16.3. The van der Waals surface area contributed by atoms with Crippen LogP contribution in [0.2, 0.25) is 0 Å². The lowest BCUT2D eigenvalue weighted by molar-refractivity contribution is -0.384. The molecule has 2 aromatic rings. The third-order valence-electron chi connectivity index (χ3n) is 3.89. The number of imide groups is 1. The number of non-ortho nitro benzene ring substituents is 1. The second kappa shape index (κ2) is 6.16. The van der Waals surface area contributed by atoms with Gasteiger partial charge in [0.1, 0.15) is 6.54 Å². The highest BCUT2D eigenvalue weighted by Gasteiger charge is 2.36. The molecule has 0 spiro atoms. The van der Waals surface area contributed by atoms with Gasteiger partial charge in [-0.05, 0) is 24.6 Å². The fourth-order valence-corrected chi connectivity index (χ4v) is 2.57. The molecule has 8 nitrogen and oxygen atoms in total. The molecule has 0 saturated carbocycles. The summed E-state index contributed by atoms with van der Waals surface area (Å²) in [4.78, 5) is 47.8. The summed E-state index contributed by atoms with van der Waals surface area (Å²) in [5.41, 5.74) is 1.23. The van der Waals surface area contributed by atoms with Gasteiger partial charge in [0, 0.05) is 12.1 Å². The number of hydrogen-bond donors (Lipinski definition) is 1. The van der Waals surface area contributed by atoms with Crippen molar-refractivity contribution in [1.29, 1.82) is 0 Å². The SMILES string of the molecule is Cc1ccc([N+](=O)[O-])cc1NC(=O)CN1C(=O)c2ccccc2C1=O. The van der Waals surface area contributed by atoms with Crippen LogP contribution in [0.4, 0.5) is 11.4 Å². The van der Waals surface area contributed by atoms with Crippen molar-refractivity contribution in [3.05, 3.63) is 69.3 Å². The van der Waals surface area contributed by atoms with Gasteiger partial charge in [-0.2, -0.15) is 0 Å². The predicted molar refractivity (Wildman–Crippen MR) is 88.3 cm³/mol. The monoisotopic (exact) mass is 339 g/mol. The van der Waals surface area contributed by atoms with Crippen LogP contribution < -0.4 is 5.32 Å². The molecular formula is C17H13N3O5. The van der Waals surface area contributed by atoms with Gasteiger partial charge in [0.2, 0.25) is 5.91 Å². The molecule has 0 atom stereocenters. The molecule has 0 saturated heterocycles. The Morgan fingerprint density at radius 2 is 1.72 bits per heavy atom. The molecule has 25 heavy (non-hydrogen) atoms. The molecule has 0 unspecified atom stereocenters. The zero-order valence-corrected chi connectivity index (χ0v) is 13.2. The molecule has 8 heteroatoms. The van der Waals surface area contributed by atoms with Crippen molar-refractivity contribution in [2.24, 2.45) is 0 Å². The lowest BCUT2D eigenvalue weighted by atomic mass is 10.1. The topological polar surface area (TPSA) is 110 Å². The summed E-state index contributed by atoms with van der Waals surface area (Å²) in [6, 6.07) is 10.4. The molecule has 0 aromatic heterocycles. The number of benzene rings is 2. The summed E-state index contributed by atoms with van der Waals surface area (Å²) in [6.07, 6.45) is 0. The number of nitro benzene ring substituents is 1. The number of rotatable bonds is 4. The molecule has 0 fully saturated rings. The van der Waals surface area contributed by atoms with E-state index in [0.29, 0.717) is 5.56 Å². The Bertz CT molecular complexity index is 887. The number of carbonyl (C=O) groups is 3. The number of nitro groups is 1. The Labute approximate surface area is 142 Å². The largest absolute Gasteiger partial charge is 0.324 e. The lowest BCUT2D eigenvalue weighted by Crippen LogP contribution is -2.37. The molecule has 0 radical (unpaired) electrons. The summed E-state index contributed by atoms with van der Waals surface area (Å²) in [7, 11) is 0. The van der Waals surface area contributed by atoms with Crippen LogP contribution in [0.3, 0.4) is 0 Å². The molecule has 1 aliphatic rings. The number of nitrogens with one attached hydrogen (secondary N) is 1. The van der Waals surface area contributed by atoms with Crippen molar-refractivity contribution in [3.8, 4) is 0 Å². The van der Waals surface area contributed by atoms with Gasteiger partial charge in [0.25, 0.3) is 17.5 Å². The van der Waals surface area contributed by atoms with Crippen LogP contribution in [0.15, 0.2) is 42.5 Å². The zero-order valence-electron chi connectivity index (χ0n) is 13.2. The Kier molecular flexibility index (Phi) is 4.02. The number of carbonyl (C=O) groups excluding carboxylic acids is 3. The first-order chi connectivity index (χ1) is 11.9. The maximum atomic E-state index is 12.2. The fourth-order valence-electron chi connectivity index (χ4n) is 2.57. The van der Waals surface area contributed by atoms with Crippen LogP contribution in [-0.4, -0.2) is 34.1 Å². The van der Waals surface area contributed by atoms with Crippen molar-refractivity contribution in [2.45, 2.75) is 6.92 Å². The summed E-state index contributed by atoms with van der Waals surface area (Å²) >= 11 is 0. The van der Waals surface area contributed by atoms with Crippen LogP contribution >= 0.6 is 0 Å². The highest BCUT2D eigenvalue weighted by Crippen LogP contribution is 2.24. The van der Waals surface area contributed by atoms with Gasteiger partial charge >= 0.3 is 0 Å². The third-order valence-corrected chi connectivity index (χ3v) is 3.89. The quantitative estimate of drug-likeness (QED) is 0.521. The van der Waals surface area contributed by atoms with Crippen molar-refractivity contribution in [3.63, 3.8) is 0 Å². The summed E-state index contributed by atoms with van der Waals surface area (Å²) in [5.74, 6) is -1.68. The van der Waals surface area contributed by atoms with Crippen LogP contribution in [0, 0.1) is 17.0 Å². The van der Waals surface area contributed by atoms with E-state index in [1.165, 1.54) is 30.3 Å². The molecule has 1 heterocycles. The van der Waals surface area contributed by atoms with Crippen LogP contribution in [0.5, 0.6) is 0 Å². The van der Waals surface area contributed by atoms with Crippen LogP contribution in [-0.2, 0) is 4.79 Å². The minimum atomic E-state index is -0.613. The highest BCUT2D eigenvalue weighted by atomic mass is 16.6. The summed E-state index contributed by atoms with van der Waals surface area (Å²) in [6.45, 7) is 1.22. The van der Waals surface area contributed by atoms with Crippen molar-refractivity contribution in [1.82, 2.24) is 4.90 Å². The second-order valence-electron chi connectivity index (χ2n) is 5.55. The smallest absolute Gasteiger partial charge is 0.271 e. The van der Waals surface area contributed by atoms with Crippen LogP contribution in [0.25, 0.3) is 0 Å². The molecule has 3 rings (SSSR count). The maximum Gasteiger partial charge on any atom is 0.271 e. The average Bonchev–Trinajstić information content (AvgIpc) is 2.82. The van der Waals surface area contributed by atoms with E-state index in [4.69, 9.17) is 0 Å². The summed E-state index contributed by atoms with van der Waals surface area (Å²) in [5, 5.41) is 13.3. The first-order valence-corrected chi connectivity index (χ1v) is 7.38. The molecular weight excluding hydrogens is 326 g/mol. The molecule has 0 bridgehead atoms. The average molecular weight is 339 g/mol. The van der Waals surface area contributed by atoms with Crippen molar-refractivity contribution in [2.75, 3.05) is 11.9 Å². The molecule has 1 N–H and O–H groups in total. The Morgan fingerprint density at radius 1 is 1.12 bits per heavy atom. The number of anilines is 1. The number of fused-ring (bicyclic) bond motifs is 1. The summed E-state index contributed by atoms with van der Waals surface area (Å²) < 4.78 is 0. The zero-order chi connectivity index (χ0) is 18.1. The fraction of sp³-hybridized carbons (Fsp3) is 0.118. The van der Waals surface area contributed by atoms with Crippen LogP contribution in [0.1, 0.15) is 26.3 Å². The van der Waals surface area contributed by atoms with Gasteiger partial charge in [-0.25, -0.2) is 0 Å². The molecule has 0 aliphatic carbocycles. The van der Waals surface area contributed by atoms with Crippen molar-refractivity contribution < 1.29 is 19.3 Å². The second-order valence-corrected chi connectivity index (χ2v) is 5.55.